The summed E-state index contributed by atoms with van der Waals surface area (Å²) in [6, 6.07) is 0. The molecular weight excluding hydrogens is 184 g/mol. The molecule has 0 spiro atoms. The maximum absolute atomic E-state index is 9.52. The summed E-state index contributed by atoms with van der Waals surface area (Å²) in [5.41, 5.74) is 0. The van der Waals surface area contributed by atoms with E-state index in [2.05, 4.69) is 0 Å². The minimum Gasteiger partial charge on any atom is -0.479 e. The lowest BCUT2D eigenvalue weighted by atomic mass is 10.4. The predicted octanol–water partition coefficient (Wildman–Crippen LogP) is -2.12. The standard InChI is InChI=1S/C3H6O4.C3H6O3/c4-1-2(5)3(6)7;1-2(4)3(5)6/h2,4-5H,1H2,(H,6,7);2,4H,1H3,(H,5,6)/t2-;/m1./s1. The number of aliphatic hydroxyl groups is 3. The third kappa shape index (κ3) is 10.8. The summed E-state index contributed by atoms with van der Waals surface area (Å²) in [4.78, 5) is 19.0. The summed E-state index contributed by atoms with van der Waals surface area (Å²) in [5, 5.41) is 39.5. The number of carboxylic acid groups (broad SMARTS) is 2. The van der Waals surface area contributed by atoms with E-state index in [0.29, 0.717) is 0 Å². The number of hydrogen-bond acceptors (Lipinski definition) is 5. The van der Waals surface area contributed by atoms with E-state index in [1.807, 2.05) is 0 Å². The van der Waals surface area contributed by atoms with Gasteiger partial charge in [-0.1, -0.05) is 0 Å². The Balaban J connectivity index is 0. The van der Waals surface area contributed by atoms with E-state index in [1.54, 1.807) is 0 Å². The molecule has 13 heavy (non-hydrogen) atoms. The topological polar surface area (TPSA) is 135 Å². The van der Waals surface area contributed by atoms with Crippen molar-refractivity contribution in [2.45, 2.75) is 19.1 Å². The Morgan fingerprint density at radius 2 is 1.46 bits per heavy atom. The molecule has 0 fully saturated rings. The van der Waals surface area contributed by atoms with Crippen LogP contribution in [0.1, 0.15) is 6.92 Å². The SMILES string of the molecule is CC(O)C(=O)O.O=C(O)[C@H](O)CO. The van der Waals surface area contributed by atoms with Gasteiger partial charge in [0.25, 0.3) is 0 Å². The van der Waals surface area contributed by atoms with Crippen LogP contribution in [0.3, 0.4) is 0 Å². The molecule has 0 saturated heterocycles. The van der Waals surface area contributed by atoms with Crippen LogP contribution in [0.25, 0.3) is 0 Å². The van der Waals surface area contributed by atoms with E-state index >= 15 is 0 Å². The Bertz CT molecular complexity index is 164. The summed E-state index contributed by atoms with van der Waals surface area (Å²) in [7, 11) is 0. The lowest BCUT2D eigenvalue weighted by molar-refractivity contribution is -0.148. The number of aliphatic carboxylic acids is 2. The monoisotopic (exact) mass is 196 g/mol. The number of hydrogen-bond donors (Lipinski definition) is 5. The third-order valence-electron chi connectivity index (χ3n) is 0.815. The van der Waals surface area contributed by atoms with Gasteiger partial charge in [0.05, 0.1) is 6.61 Å². The molecule has 0 aliphatic heterocycles. The summed E-state index contributed by atoms with van der Waals surface area (Å²) in [6.45, 7) is 0.470. The smallest absolute Gasteiger partial charge is 0.334 e. The van der Waals surface area contributed by atoms with Crippen LogP contribution in [0.2, 0.25) is 0 Å². The Labute approximate surface area is 73.9 Å². The zero-order chi connectivity index (χ0) is 11.0. The van der Waals surface area contributed by atoms with E-state index < -0.39 is 30.8 Å². The van der Waals surface area contributed by atoms with Crippen molar-refractivity contribution in [3.63, 3.8) is 0 Å². The molecule has 0 bridgehead atoms. The minimum atomic E-state index is -1.63. The molecule has 0 aromatic heterocycles. The molecule has 1 unspecified atom stereocenters. The van der Waals surface area contributed by atoms with Crippen LogP contribution in [0.5, 0.6) is 0 Å². The fourth-order valence-electron chi connectivity index (χ4n) is 0.0781. The van der Waals surface area contributed by atoms with Gasteiger partial charge < -0.3 is 25.5 Å². The van der Waals surface area contributed by atoms with E-state index in [4.69, 9.17) is 25.5 Å². The van der Waals surface area contributed by atoms with E-state index in [-0.39, 0.29) is 0 Å². The Kier molecular flexibility index (Phi) is 8.24. The first-order valence-electron chi connectivity index (χ1n) is 3.25. The van der Waals surface area contributed by atoms with Gasteiger partial charge in [-0.15, -0.1) is 0 Å². The zero-order valence-corrected chi connectivity index (χ0v) is 6.91. The molecule has 7 nitrogen and oxygen atoms in total. The molecule has 0 saturated carbocycles. The largest absolute Gasteiger partial charge is 0.479 e. The van der Waals surface area contributed by atoms with Crippen molar-refractivity contribution in [1.29, 1.82) is 0 Å². The van der Waals surface area contributed by atoms with Crippen molar-refractivity contribution in [3.05, 3.63) is 0 Å². The molecule has 7 heteroatoms. The molecule has 0 aromatic carbocycles. The fraction of sp³-hybridized carbons (Fsp3) is 0.667. The Morgan fingerprint density at radius 1 is 1.15 bits per heavy atom. The highest BCUT2D eigenvalue weighted by molar-refractivity contribution is 5.72. The quantitative estimate of drug-likeness (QED) is 0.348. The molecule has 0 rings (SSSR count). The summed E-state index contributed by atoms with van der Waals surface area (Å²) < 4.78 is 0. The maximum Gasteiger partial charge on any atom is 0.334 e. The molecule has 0 aliphatic carbocycles. The van der Waals surface area contributed by atoms with Gasteiger partial charge in [0.15, 0.2) is 6.10 Å². The summed E-state index contributed by atoms with van der Waals surface area (Å²) >= 11 is 0. The molecule has 0 radical (unpaired) electrons. The molecule has 0 heterocycles. The van der Waals surface area contributed by atoms with Crippen molar-refractivity contribution < 1.29 is 35.1 Å². The highest BCUT2D eigenvalue weighted by atomic mass is 16.4. The number of aliphatic hydroxyl groups excluding tert-OH is 3. The van der Waals surface area contributed by atoms with E-state index in [9.17, 15) is 9.59 Å². The lowest BCUT2D eigenvalue weighted by Crippen LogP contribution is -2.22. The molecule has 0 aliphatic rings. The molecule has 0 aromatic rings. The first kappa shape index (κ1) is 14.3. The summed E-state index contributed by atoms with van der Waals surface area (Å²) in [5.74, 6) is -2.59. The second kappa shape index (κ2) is 7.47. The van der Waals surface area contributed by atoms with Gasteiger partial charge in [0.2, 0.25) is 0 Å². The first-order chi connectivity index (χ1) is 5.82. The fourth-order valence-corrected chi connectivity index (χ4v) is 0.0781. The van der Waals surface area contributed by atoms with Gasteiger partial charge in [0.1, 0.15) is 6.10 Å². The van der Waals surface area contributed by atoms with Crippen LogP contribution in [0.4, 0.5) is 0 Å². The van der Waals surface area contributed by atoms with Crippen LogP contribution in [0.15, 0.2) is 0 Å². The van der Waals surface area contributed by atoms with Gasteiger partial charge in [-0.3, -0.25) is 0 Å². The van der Waals surface area contributed by atoms with Gasteiger partial charge in [-0.25, -0.2) is 9.59 Å². The van der Waals surface area contributed by atoms with Crippen molar-refractivity contribution in [2.75, 3.05) is 6.61 Å². The highest BCUT2D eigenvalue weighted by Gasteiger charge is 2.08. The van der Waals surface area contributed by atoms with Gasteiger partial charge in [-0.2, -0.15) is 0 Å². The molecule has 5 N–H and O–H groups in total. The van der Waals surface area contributed by atoms with Gasteiger partial charge in [-0.05, 0) is 6.92 Å². The molecule has 0 amide bonds. The number of carboxylic acids is 2. The van der Waals surface area contributed by atoms with Crippen molar-refractivity contribution in [1.82, 2.24) is 0 Å². The average molecular weight is 196 g/mol. The maximum atomic E-state index is 9.52. The van der Waals surface area contributed by atoms with Gasteiger partial charge >= 0.3 is 11.9 Å². The van der Waals surface area contributed by atoms with Crippen LogP contribution in [-0.4, -0.2) is 56.3 Å². The first-order valence-corrected chi connectivity index (χ1v) is 3.25. The van der Waals surface area contributed by atoms with E-state index in [1.165, 1.54) is 6.92 Å². The Hall–Kier alpha value is -1.18. The van der Waals surface area contributed by atoms with Crippen LogP contribution >= 0.6 is 0 Å². The average Bonchev–Trinajstić information content (AvgIpc) is 2.03. The highest BCUT2D eigenvalue weighted by Crippen LogP contribution is 1.76. The lowest BCUT2D eigenvalue weighted by Gasteiger charge is -1.95. The van der Waals surface area contributed by atoms with Crippen LogP contribution in [-0.2, 0) is 9.59 Å². The predicted molar refractivity (Wildman–Crippen MR) is 40.0 cm³/mol. The van der Waals surface area contributed by atoms with Crippen LogP contribution in [0, 0.1) is 0 Å². The second-order valence-corrected chi connectivity index (χ2v) is 2.05. The molecule has 2 atom stereocenters. The van der Waals surface area contributed by atoms with Crippen molar-refractivity contribution in [3.8, 4) is 0 Å². The summed E-state index contributed by atoms with van der Waals surface area (Å²) in [6.07, 6.45) is -2.86. The molecular formula is C6H12O7. The Morgan fingerprint density at radius 3 is 1.46 bits per heavy atom. The molecule has 78 valence electrons. The second-order valence-electron chi connectivity index (χ2n) is 2.05. The van der Waals surface area contributed by atoms with Gasteiger partial charge in [0, 0.05) is 0 Å². The number of carbonyl (C=O) groups is 2. The normalized spacial score (nSPS) is 13.5. The zero-order valence-electron chi connectivity index (χ0n) is 6.91. The van der Waals surface area contributed by atoms with Crippen molar-refractivity contribution in [2.24, 2.45) is 0 Å². The van der Waals surface area contributed by atoms with Crippen LogP contribution < -0.4 is 0 Å². The van der Waals surface area contributed by atoms with Crippen molar-refractivity contribution >= 4 is 11.9 Å². The number of rotatable bonds is 3. The minimum absolute atomic E-state index is 0.727. The van der Waals surface area contributed by atoms with E-state index in [0.717, 1.165) is 0 Å². The third-order valence-corrected chi connectivity index (χ3v) is 0.815.